The quantitative estimate of drug-likeness (QED) is 0.705. The lowest BCUT2D eigenvalue weighted by molar-refractivity contribution is 0.340. The van der Waals surface area contributed by atoms with Crippen LogP contribution in [-0.4, -0.2) is 21.0 Å². The van der Waals surface area contributed by atoms with Gasteiger partial charge < -0.3 is 4.74 Å². The number of hydrogen-bond acceptors (Lipinski definition) is 3. The van der Waals surface area contributed by atoms with Crippen molar-refractivity contribution >= 4 is 5.65 Å². The molecule has 0 fully saturated rings. The predicted octanol–water partition coefficient (Wildman–Crippen LogP) is 2.80. The number of imidazole rings is 1. The zero-order valence-electron chi connectivity index (χ0n) is 10.1. The fourth-order valence-electron chi connectivity index (χ4n) is 1.95. The van der Waals surface area contributed by atoms with E-state index in [1.54, 1.807) is 12.4 Å². The predicted molar refractivity (Wildman–Crippen MR) is 69.6 cm³/mol. The summed E-state index contributed by atoms with van der Waals surface area (Å²) in [5, 5.41) is 0. The molecule has 3 rings (SSSR count). The van der Waals surface area contributed by atoms with E-state index in [0.29, 0.717) is 6.61 Å². The lowest BCUT2D eigenvalue weighted by Gasteiger charge is -2.07. The molecule has 0 aliphatic rings. The standard InChI is InChI=1S/C14H13N3O/c1-2-18-12-5-3-11(4-6-12)13-9-15-10-14-16-7-8-17(13)14/h3-10H,2H2,1H3. The average molecular weight is 239 g/mol. The van der Waals surface area contributed by atoms with Gasteiger partial charge in [-0.05, 0) is 31.2 Å². The summed E-state index contributed by atoms with van der Waals surface area (Å²) in [6, 6.07) is 7.99. The van der Waals surface area contributed by atoms with E-state index < -0.39 is 0 Å². The van der Waals surface area contributed by atoms with Crippen LogP contribution >= 0.6 is 0 Å². The Morgan fingerprint density at radius 2 is 2.00 bits per heavy atom. The van der Waals surface area contributed by atoms with E-state index in [2.05, 4.69) is 9.97 Å². The van der Waals surface area contributed by atoms with Gasteiger partial charge in [-0.25, -0.2) is 4.98 Å². The zero-order valence-corrected chi connectivity index (χ0v) is 10.1. The van der Waals surface area contributed by atoms with Gasteiger partial charge in [0.15, 0.2) is 5.65 Å². The first kappa shape index (κ1) is 10.8. The van der Waals surface area contributed by atoms with Gasteiger partial charge in [-0.1, -0.05) is 0 Å². The molecule has 0 spiro atoms. The van der Waals surface area contributed by atoms with Gasteiger partial charge in [0.05, 0.1) is 24.7 Å². The Bertz CT molecular complexity index is 658. The molecule has 0 amide bonds. The molecular weight excluding hydrogens is 226 g/mol. The molecule has 3 aromatic rings. The third kappa shape index (κ3) is 1.82. The zero-order chi connectivity index (χ0) is 12.4. The second-order valence-corrected chi connectivity index (χ2v) is 3.91. The Labute approximate surface area is 105 Å². The molecule has 2 aromatic heterocycles. The van der Waals surface area contributed by atoms with Crippen molar-refractivity contribution < 1.29 is 4.74 Å². The van der Waals surface area contributed by atoms with Gasteiger partial charge >= 0.3 is 0 Å². The Morgan fingerprint density at radius 1 is 1.17 bits per heavy atom. The monoisotopic (exact) mass is 239 g/mol. The van der Waals surface area contributed by atoms with Crippen LogP contribution < -0.4 is 4.74 Å². The number of benzene rings is 1. The molecule has 0 N–H and O–H groups in total. The van der Waals surface area contributed by atoms with Crippen LogP contribution in [0.2, 0.25) is 0 Å². The number of ether oxygens (including phenoxy) is 1. The van der Waals surface area contributed by atoms with Crippen molar-refractivity contribution in [1.82, 2.24) is 14.4 Å². The second-order valence-electron chi connectivity index (χ2n) is 3.91. The molecule has 0 atom stereocenters. The van der Waals surface area contributed by atoms with Gasteiger partial charge in [0.2, 0.25) is 0 Å². The summed E-state index contributed by atoms with van der Waals surface area (Å²) >= 11 is 0. The van der Waals surface area contributed by atoms with E-state index in [9.17, 15) is 0 Å². The lowest BCUT2D eigenvalue weighted by atomic mass is 10.1. The van der Waals surface area contributed by atoms with Crippen LogP contribution in [0.5, 0.6) is 5.75 Å². The van der Waals surface area contributed by atoms with Crippen molar-refractivity contribution in [2.24, 2.45) is 0 Å². The van der Waals surface area contributed by atoms with E-state index in [1.807, 2.05) is 48.0 Å². The van der Waals surface area contributed by atoms with Crippen molar-refractivity contribution in [3.8, 4) is 17.0 Å². The molecule has 0 unspecified atom stereocenters. The molecule has 0 aliphatic carbocycles. The topological polar surface area (TPSA) is 39.4 Å². The highest BCUT2D eigenvalue weighted by atomic mass is 16.5. The molecule has 4 heteroatoms. The second kappa shape index (κ2) is 4.49. The number of hydrogen-bond donors (Lipinski definition) is 0. The van der Waals surface area contributed by atoms with E-state index >= 15 is 0 Å². The van der Waals surface area contributed by atoms with Crippen LogP contribution in [0, 0.1) is 0 Å². The summed E-state index contributed by atoms with van der Waals surface area (Å²) in [7, 11) is 0. The maximum absolute atomic E-state index is 5.43. The molecule has 2 heterocycles. The van der Waals surface area contributed by atoms with Gasteiger partial charge in [0, 0.05) is 18.0 Å². The van der Waals surface area contributed by atoms with Crippen LogP contribution in [0.4, 0.5) is 0 Å². The first-order valence-electron chi connectivity index (χ1n) is 5.89. The highest BCUT2D eigenvalue weighted by Crippen LogP contribution is 2.22. The Kier molecular flexibility index (Phi) is 2.68. The van der Waals surface area contributed by atoms with E-state index in [1.165, 1.54) is 0 Å². The molecule has 0 saturated heterocycles. The fraction of sp³-hybridized carbons (Fsp3) is 0.143. The van der Waals surface area contributed by atoms with Gasteiger partial charge in [-0.2, -0.15) is 0 Å². The molecular formula is C14H13N3O. The molecule has 0 saturated carbocycles. The van der Waals surface area contributed by atoms with Gasteiger partial charge in [0.25, 0.3) is 0 Å². The maximum atomic E-state index is 5.43. The van der Waals surface area contributed by atoms with Gasteiger partial charge in [0.1, 0.15) is 5.75 Å². The van der Waals surface area contributed by atoms with Crippen LogP contribution in [0.15, 0.2) is 49.1 Å². The molecule has 0 bridgehead atoms. The molecule has 1 aromatic carbocycles. The average Bonchev–Trinajstić information content (AvgIpc) is 2.88. The van der Waals surface area contributed by atoms with Crippen molar-refractivity contribution in [3.05, 3.63) is 49.1 Å². The summed E-state index contributed by atoms with van der Waals surface area (Å²) in [5.74, 6) is 0.881. The maximum Gasteiger partial charge on any atom is 0.155 e. The molecule has 18 heavy (non-hydrogen) atoms. The van der Waals surface area contributed by atoms with Crippen molar-refractivity contribution in [3.63, 3.8) is 0 Å². The Balaban J connectivity index is 2.06. The highest BCUT2D eigenvalue weighted by molar-refractivity contribution is 5.62. The first-order chi connectivity index (χ1) is 8.88. The van der Waals surface area contributed by atoms with Crippen molar-refractivity contribution in [1.29, 1.82) is 0 Å². The number of fused-ring (bicyclic) bond motifs is 1. The molecule has 90 valence electrons. The van der Waals surface area contributed by atoms with Gasteiger partial charge in [-0.3, -0.25) is 9.38 Å². The SMILES string of the molecule is CCOc1ccc(-c2cncc3nccn23)cc1. The van der Waals surface area contributed by atoms with Crippen molar-refractivity contribution in [2.45, 2.75) is 6.92 Å². The van der Waals surface area contributed by atoms with Crippen LogP contribution in [-0.2, 0) is 0 Å². The van der Waals surface area contributed by atoms with E-state index in [4.69, 9.17) is 4.74 Å². The smallest absolute Gasteiger partial charge is 0.155 e. The Morgan fingerprint density at radius 3 is 2.78 bits per heavy atom. The summed E-state index contributed by atoms with van der Waals surface area (Å²) < 4.78 is 7.45. The third-order valence-corrected chi connectivity index (χ3v) is 2.78. The highest BCUT2D eigenvalue weighted by Gasteiger charge is 2.04. The molecule has 0 aliphatic heterocycles. The van der Waals surface area contributed by atoms with E-state index in [0.717, 1.165) is 22.7 Å². The summed E-state index contributed by atoms with van der Waals surface area (Å²) in [4.78, 5) is 8.43. The summed E-state index contributed by atoms with van der Waals surface area (Å²) in [6.07, 6.45) is 7.29. The Hall–Kier alpha value is -2.36. The first-order valence-corrected chi connectivity index (χ1v) is 5.89. The molecule has 0 radical (unpaired) electrons. The minimum absolute atomic E-state index is 0.679. The van der Waals surface area contributed by atoms with Crippen LogP contribution in [0.1, 0.15) is 6.92 Å². The number of aromatic nitrogens is 3. The molecule has 4 nitrogen and oxygen atoms in total. The lowest BCUT2D eigenvalue weighted by Crippen LogP contribution is -1.93. The summed E-state index contributed by atoms with van der Waals surface area (Å²) in [5.41, 5.74) is 2.96. The minimum Gasteiger partial charge on any atom is -0.494 e. The van der Waals surface area contributed by atoms with Crippen LogP contribution in [0.3, 0.4) is 0 Å². The third-order valence-electron chi connectivity index (χ3n) is 2.78. The number of nitrogens with zero attached hydrogens (tertiary/aromatic N) is 3. The van der Waals surface area contributed by atoms with Gasteiger partial charge in [-0.15, -0.1) is 0 Å². The normalized spacial score (nSPS) is 10.7. The minimum atomic E-state index is 0.679. The van der Waals surface area contributed by atoms with Crippen molar-refractivity contribution in [2.75, 3.05) is 6.61 Å². The number of rotatable bonds is 3. The van der Waals surface area contributed by atoms with E-state index in [-0.39, 0.29) is 0 Å². The van der Waals surface area contributed by atoms with Crippen LogP contribution in [0.25, 0.3) is 16.9 Å². The summed E-state index contributed by atoms with van der Waals surface area (Å²) in [6.45, 7) is 2.65. The fourth-order valence-corrected chi connectivity index (χ4v) is 1.95. The largest absolute Gasteiger partial charge is 0.494 e.